The first-order valence-electron chi connectivity index (χ1n) is 10.7. The summed E-state index contributed by atoms with van der Waals surface area (Å²) in [6, 6.07) is 9.28. The number of unbranched alkanes of at least 4 members (excludes halogenated alkanes) is 1. The molecule has 0 radical (unpaired) electrons. The molecule has 33 heavy (non-hydrogen) atoms. The van der Waals surface area contributed by atoms with E-state index in [2.05, 4.69) is 5.32 Å². The Bertz CT molecular complexity index is 756. The Balaban J connectivity index is 2.16. The maximum atomic E-state index is 11.9. The summed E-state index contributed by atoms with van der Waals surface area (Å²) in [4.78, 5) is 33.2. The molecule has 0 aliphatic heterocycles. The third kappa shape index (κ3) is 15.5. The first-order valence-corrected chi connectivity index (χ1v) is 12.2. The summed E-state index contributed by atoms with van der Waals surface area (Å²) in [5.74, 6) is -0.594. The molecule has 0 bridgehead atoms. The van der Waals surface area contributed by atoms with Crippen molar-refractivity contribution in [2.75, 3.05) is 54.1 Å². The van der Waals surface area contributed by atoms with Crippen molar-refractivity contribution in [1.82, 2.24) is 5.32 Å². The predicted molar refractivity (Wildman–Crippen MR) is 120 cm³/mol. The zero-order valence-corrected chi connectivity index (χ0v) is 20.4. The van der Waals surface area contributed by atoms with Crippen LogP contribution in [0.2, 0.25) is 0 Å². The molecule has 0 aliphatic carbocycles. The summed E-state index contributed by atoms with van der Waals surface area (Å²) < 4.78 is 32.2. The van der Waals surface area contributed by atoms with E-state index in [1.54, 1.807) is 0 Å². The Hall–Kier alpha value is -2.01. The first kappa shape index (κ1) is 29.0. The van der Waals surface area contributed by atoms with Gasteiger partial charge in [-0.2, -0.15) is 0 Å². The number of benzene rings is 1. The summed E-state index contributed by atoms with van der Waals surface area (Å²) in [5, 5.41) is 11.9. The highest BCUT2D eigenvalue weighted by Gasteiger charge is 2.25. The number of amides is 1. The smallest absolute Gasteiger partial charge is 0.457 e. The minimum atomic E-state index is -4.32. The molecule has 1 aromatic carbocycles. The minimum Gasteiger partial charge on any atom is -0.457 e. The second-order valence-corrected chi connectivity index (χ2v) is 9.81. The first-order chi connectivity index (χ1) is 15.5. The Morgan fingerprint density at radius 2 is 1.82 bits per heavy atom. The molecule has 0 saturated heterocycles. The van der Waals surface area contributed by atoms with Gasteiger partial charge in [0, 0.05) is 13.0 Å². The van der Waals surface area contributed by atoms with Crippen LogP contribution in [0.3, 0.4) is 0 Å². The molecule has 0 spiro atoms. The lowest BCUT2D eigenvalue weighted by molar-refractivity contribution is -0.870. The number of alkyl carbamates (subject to hydrolysis) is 1. The largest absolute Gasteiger partial charge is 0.472 e. The molecule has 1 rings (SSSR count). The van der Waals surface area contributed by atoms with Gasteiger partial charge in [0.25, 0.3) is 0 Å². The maximum Gasteiger partial charge on any atom is 0.472 e. The molecule has 3 N–H and O–H groups in total. The van der Waals surface area contributed by atoms with E-state index in [1.807, 2.05) is 51.5 Å². The molecule has 0 aliphatic rings. The van der Waals surface area contributed by atoms with E-state index in [-0.39, 0.29) is 19.6 Å². The Kier molecular flexibility index (Phi) is 13.2. The lowest BCUT2D eigenvalue weighted by atomic mass is 10.2. The molecule has 0 aromatic heterocycles. The van der Waals surface area contributed by atoms with Crippen LogP contribution in [-0.2, 0) is 34.5 Å². The monoisotopic (exact) mass is 491 g/mol. The minimum absolute atomic E-state index is 0.00862. The van der Waals surface area contributed by atoms with Gasteiger partial charge in [0.1, 0.15) is 25.9 Å². The molecule has 188 valence electrons. The number of nitrogens with zero attached hydrogens (tertiary/aromatic N) is 1. The Morgan fingerprint density at radius 1 is 1.12 bits per heavy atom. The topological polar surface area (TPSA) is 141 Å². The number of hydrogen-bond acceptors (Lipinski definition) is 8. The zero-order valence-electron chi connectivity index (χ0n) is 19.5. The molecular weight excluding hydrogens is 455 g/mol. The van der Waals surface area contributed by atoms with E-state index in [0.717, 1.165) is 5.56 Å². The number of likely N-dealkylation sites (N-methyl/N-ethyl adjacent to an activating group) is 1. The summed E-state index contributed by atoms with van der Waals surface area (Å²) in [6.45, 7) is -0.0494. The normalized spacial score (nSPS) is 14.2. The lowest BCUT2D eigenvalue weighted by Crippen LogP contribution is -2.37. The van der Waals surface area contributed by atoms with Gasteiger partial charge in [-0.15, -0.1) is 0 Å². The number of carbonyl (C=O) groups is 2. The highest BCUT2D eigenvalue weighted by atomic mass is 31.2. The van der Waals surface area contributed by atoms with Gasteiger partial charge in [-0.1, -0.05) is 30.3 Å². The summed E-state index contributed by atoms with van der Waals surface area (Å²) in [7, 11) is 1.39. The number of rotatable bonds is 16. The van der Waals surface area contributed by atoms with E-state index >= 15 is 0 Å². The van der Waals surface area contributed by atoms with Crippen molar-refractivity contribution in [3.63, 3.8) is 0 Å². The molecule has 12 heteroatoms. The van der Waals surface area contributed by atoms with Gasteiger partial charge >= 0.3 is 19.9 Å². The van der Waals surface area contributed by atoms with E-state index < -0.39 is 39.2 Å². The van der Waals surface area contributed by atoms with Crippen molar-refractivity contribution < 1.29 is 47.2 Å². The van der Waals surface area contributed by atoms with Crippen LogP contribution in [0.25, 0.3) is 0 Å². The van der Waals surface area contributed by atoms with E-state index in [1.165, 1.54) is 0 Å². The van der Waals surface area contributed by atoms with Crippen molar-refractivity contribution in [3.8, 4) is 0 Å². The van der Waals surface area contributed by atoms with E-state index in [4.69, 9.17) is 18.5 Å². The average molecular weight is 491 g/mol. The fraction of sp³-hybridized carbons (Fsp3) is 0.619. The number of esters is 1. The van der Waals surface area contributed by atoms with Gasteiger partial charge in [0.05, 0.1) is 34.4 Å². The second kappa shape index (κ2) is 15.0. The fourth-order valence-corrected chi connectivity index (χ4v) is 3.11. The van der Waals surface area contributed by atoms with Gasteiger partial charge in [0.15, 0.2) is 0 Å². The fourth-order valence-electron chi connectivity index (χ4n) is 2.37. The number of quaternary nitrogens is 1. The quantitative estimate of drug-likeness (QED) is 0.137. The second-order valence-electron chi connectivity index (χ2n) is 8.35. The molecule has 2 atom stereocenters. The van der Waals surface area contributed by atoms with Crippen LogP contribution >= 0.6 is 7.82 Å². The molecule has 1 aromatic rings. The Morgan fingerprint density at radius 3 is 2.45 bits per heavy atom. The van der Waals surface area contributed by atoms with Crippen molar-refractivity contribution in [3.05, 3.63) is 35.9 Å². The molecule has 1 unspecified atom stereocenters. The highest BCUT2D eigenvalue weighted by molar-refractivity contribution is 7.47. The van der Waals surface area contributed by atoms with Crippen LogP contribution in [-0.4, -0.2) is 86.7 Å². The molecule has 1 amide bonds. The highest BCUT2D eigenvalue weighted by Crippen LogP contribution is 2.43. The van der Waals surface area contributed by atoms with Gasteiger partial charge in [-0.25, -0.2) is 9.36 Å². The third-order valence-electron chi connectivity index (χ3n) is 4.23. The maximum absolute atomic E-state index is 11.9. The lowest BCUT2D eigenvalue weighted by Gasteiger charge is -2.24. The van der Waals surface area contributed by atoms with Gasteiger partial charge in [-0.05, 0) is 18.4 Å². The van der Waals surface area contributed by atoms with Crippen LogP contribution in [0.5, 0.6) is 0 Å². The Labute approximate surface area is 194 Å². The molecule has 0 heterocycles. The molecule has 0 fully saturated rings. The average Bonchev–Trinajstić information content (AvgIpc) is 2.74. The van der Waals surface area contributed by atoms with E-state index in [0.29, 0.717) is 30.4 Å². The molecular formula is C21H36N2O9P+. The van der Waals surface area contributed by atoms with Crippen molar-refractivity contribution >= 4 is 19.9 Å². The number of ether oxygens (including phenoxy) is 2. The summed E-state index contributed by atoms with van der Waals surface area (Å²) in [6.07, 6.45) is -0.638. The predicted octanol–water partition coefficient (Wildman–Crippen LogP) is 1.83. The third-order valence-corrected chi connectivity index (χ3v) is 5.22. The number of hydrogen-bond donors (Lipinski definition) is 3. The van der Waals surface area contributed by atoms with Crippen LogP contribution in [0, 0.1) is 0 Å². The number of phosphoric acid groups is 1. The van der Waals surface area contributed by atoms with Crippen molar-refractivity contribution in [2.45, 2.75) is 32.0 Å². The van der Waals surface area contributed by atoms with Gasteiger partial charge in [-0.3, -0.25) is 13.8 Å². The van der Waals surface area contributed by atoms with Gasteiger partial charge < -0.3 is 29.3 Å². The number of phosphoric ester groups is 1. The number of nitrogens with one attached hydrogen (secondary N) is 1. The van der Waals surface area contributed by atoms with Crippen molar-refractivity contribution in [2.24, 2.45) is 0 Å². The standard InChI is InChI=1S/C21H35N2O9P/c1-23(2,3)13-14-30-33(27,28)31-17-19(15-24)32-20(25)11-7-8-12-22-21(26)29-16-18-9-5-4-6-10-18/h4-6,9-10,19,24H,7-8,11-17H2,1-3H3,(H-,22,26,27,28)/p+1/t19-/m1/s1. The summed E-state index contributed by atoms with van der Waals surface area (Å²) in [5.41, 5.74) is 0.881. The molecule has 11 nitrogen and oxygen atoms in total. The van der Waals surface area contributed by atoms with E-state index in [9.17, 15) is 24.2 Å². The number of aliphatic hydroxyl groups excluding tert-OH is 1. The summed E-state index contributed by atoms with van der Waals surface area (Å²) >= 11 is 0. The number of carbonyl (C=O) groups excluding carboxylic acids is 2. The number of aliphatic hydroxyl groups is 1. The zero-order chi connectivity index (χ0) is 24.7. The van der Waals surface area contributed by atoms with Crippen LogP contribution in [0.15, 0.2) is 30.3 Å². The van der Waals surface area contributed by atoms with Gasteiger partial charge in [0.2, 0.25) is 0 Å². The van der Waals surface area contributed by atoms with Crippen LogP contribution < -0.4 is 5.32 Å². The molecule has 0 saturated carbocycles. The SMILES string of the molecule is C[N+](C)(C)CCOP(=O)(O)OC[C@@H](CO)OC(=O)CCCCNC(=O)OCc1ccccc1. The van der Waals surface area contributed by atoms with Crippen LogP contribution in [0.1, 0.15) is 24.8 Å². The van der Waals surface area contributed by atoms with Crippen LogP contribution in [0.4, 0.5) is 4.79 Å². The van der Waals surface area contributed by atoms with Crippen molar-refractivity contribution in [1.29, 1.82) is 0 Å².